The standard InChI is InChI=1S/C11H20N.BrH.Mg/c1-3-10(4-2)12-11-8-6-5-7-9-11;;/h3,11H,4-9H2,1-2H3;1H;/q-1;;+2/p-1/b10-3-;;. The fourth-order valence-electron chi connectivity index (χ4n) is 1.81. The van der Waals surface area contributed by atoms with Crippen LogP contribution in [0.1, 0.15) is 52.4 Å². The van der Waals surface area contributed by atoms with Crippen molar-refractivity contribution in [1.82, 2.24) is 0 Å². The molecule has 0 radical (unpaired) electrons. The summed E-state index contributed by atoms with van der Waals surface area (Å²) >= 11 is 0. The molecule has 78 valence electrons. The zero-order valence-corrected chi connectivity index (χ0v) is 12.4. The minimum atomic E-state index is 0. The molecule has 1 nitrogen and oxygen atoms in total. The molecule has 0 amide bonds. The summed E-state index contributed by atoms with van der Waals surface area (Å²) in [7, 11) is 0. The summed E-state index contributed by atoms with van der Waals surface area (Å²) < 4.78 is 0. The van der Waals surface area contributed by atoms with Gasteiger partial charge in [0.25, 0.3) is 0 Å². The van der Waals surface area contributed by atoms with Crippen LogP contribution in [0, 0.1) is 0 Å². The third-order valence-electron chi connectivity index (χ3n) is 2.62. The van der Waals surface area contributed by atoms with Crippen LogP contribution in [-0.4, -0.2) is 29.1 Å². The third-order valence-corrected chi connectivity index (χ3v) is 2.62. The summed E-state index contributed by atoms with van der Waals surface area (Å²) in [6.07, 6.45) is 10.1. The van der Waals surface area contributed by atoms with Crippen molar-refractivity contribution in [1.29, 1.82) is 0 Å². The Kier molecular flexibility index (Phi) is 12.7. The smallest absolute Gasteiger partial charge is 1.00 e. The number of rotatable bonds is 3. The van der Waals surface area contributed by atoms with Crippen LogP contribution in [0.25, 0.3) is 5.32 Å². The van der Waals surface area contributed by atoms with Crippen LogP contribution < -0.4 is 17.0 Å². The molecule has 0 aromatic heterocycles. The van der Waals surface area contributed by atoms with Gasteiger partial charge in [0.05, 0.1) is 0 Å². The monoisotopic (exact) mass is 269 g/mol. The molecule has 0 aliphatic heterocycles. The van der Waals surface area contributed by atoms with Crippen molar-refractivity contribution in [2.45, 2.75) is 58.4 Å². The molecule has 1 rings (SSSR count). The molecule has 0 heterocycles. The fourth-order valence-corrected chi connectivity index (χ4v) is 1.81. The molecule has 1 aliphatic carbocycles. The Morgan fingerprint density at radius 2 is 1.86 bits per heavy atom. The van der Waals surface area contributed by atoms with Crippen LogP contribution in [0.5, 0.6) is 0 Å². The summed E-state index contributed by atoms with van der Waals surface area (Å²) in [5.74, 6) is 0. The molecule has 0 spiro atoms. The second kappa shape index (κ2) is 10.3. The predicted molar refractivity (Wildman–Crippen MR) is 60.0 cm³/mol. The van der Waals surface area contributed by atoms with E-state index < -0.39 is 0 Å². The van der Waals surface area contributed by atoms with Gasteiger partial charge >= 0.3 is 23.1 Å². The van der Waals surface area contributed by atoms with Crippen molar-refractivity contribution in [2.24, 2.45) is 0 Å². The van der Waals surface area contributed by atoms with Gasteiger partial charge in [0, 0.05) is 0 Å². The first-order valence-corrected chi connectivity index (χ1v) is 5.22. The number of halogens is 1. The van der Waals surface area contributed by atoms with Gasteiger partial charge in [0.2, 0.25) is 0 Å². The van der Waals surface area contributed by atoms with Gasteiger partial charge in [0.15, 0.2) is 0 Å². The first kappa shape index (κ1) is 17.2. The van der Waals surface area contributed by atoms with Crippen molar-refractivity contribution >= 4 is 23.1 Å². The largest absolute Gasteiger partial charge is 2.00 e. The van der Waals surface area contributed by atoms with Gasteiger partial charge in [-0.1, -0.05) is 45.4 Å². The molecular weight excluding hydrogens is 250 g/mol. The molecule has 1 aliphatic rings. The maximum absolute atomic E-state index is 4.73. The topological polar surface area (TPSA) is 14.1 Å². The molecule has 0 aromatic carbocycles. The summed E-state index contributed by atoms with van der Waals surface area (Å²) in [4.78, 5) is 0. The predicted octanol–water partition coefficient (Wildman–Crippen LogP) is 0.630. The van der Waals surface area contributed by atoms with E-state index in [9.17, 15) is 0 Å². The van der Waals surface area contributed by atoms with Gasteiger partial charge in [-0.05, 0) is 6.92 Å². The number of hydrogen-bond donors (Lipinski definition) is 0. The zero-order valence-electron chi connectivity index (χ0n) is 9.43. The average Bonchev–Trinajstić information content (AvgIpc) is 2.16. The van der Waals surface area contributed by atoms with Crippen LogP contribution in [0.4, 0.5) is 0 Å². The Labute approximate surface area is 115 Å². The molecule has 3 heteroatoms. The van der Waals surface area contributed by atoms with Crippen molar-refractivity contribution < 1.29 is 17.0 Å². The van der Waals surface area contributed by atoms with Gasteiger partial charge in [-0.2, -0.15) is 5.70 Å². The molecular formula is C11H20BrMgN. The van der Waals surface area contributed by atoms with Crippen LogP contribution >= 0.6 is 0 Å². The molecule has 14 heavy (non-hydrogen) atoms. The van der Waals surface area contributed by atoms with Gasteiger partial charge in [-0.15, -0.1) is 12.1 Å². The Hall–Kier alpha value is 0.786. The van der Waals surface area contributed by atoms with E-state index in [1.807, 2.05) is 0 Å². The van der Waals surface area contributed by atoms with E-state index in [0.717, 1.165) is 6.42 Å². The van der Waals surface area contributed by atoms with E-state index in [0.29, 0.717) is 6.04 Å². The molecule has 0 atom stereocenters. The number of allylic oxidation sites excluding steroid dienone is 2. The second-order valence-electron chi connectivity index (χ2n) is 3.55. The Bertz CT molecular complexity index is 153. The van der Waals surface area contributed by atoms with Gasteiger partial charge in [-0.25, -0.2) is 0 Å². The van der Waals surface area contributed by atoms with E-state index in [1.165, 1.54) is 37.8 Å². The van der Waals surface area contributed by atoms with E-state index in [-0.39, 0.29) is 40.0 Å². The van der Waals surface area contributed by atoms with Crippen LogP contribution in [0.3, 0.4) is 0 Å². The first-order chi connectivity index (χ1) is 5.86. The normalized spacial score (nSPS) is 18.0. The summed E-state index contributed by atoms with van der Waals surface area (Å²) in [5, 5.41) is 4.73. The van der Waals surface area contributed by atoms with Gasteiger partial charge in [0.1, 0.15) is 0 Å². The molecule has 0 aromatic rings. The Morgan fingerprint density at radius 3 is 2.29 bits per heavy atom. The quantitative estimate of drug-likeness (QED) is 0.668. The average molecular weight is 270 g/mol. The number of nitrogens with zero attached hydrogens (tertiary/aromatic N) is 1. The SMILES string of the molecule is C/C=C(/CC)[N-]C1CCCCC1.[Br-].[Mg+2]. The molecule has 0 unspecified atom stereocenters. The summed E-state index contributed by atoms with van der Waals surface area (Å²) in [6, 6.07) is 0.643. The maximum Gasteiger partial charge on any atom is 2.00 e. The molecule has 0 bridgehead atoms. The fraction of sp³-hybridized carbons (Fsp3) is 0.818. The maximum atomic E-state index is 4.73. The van der Waals surface area contributed by atoms with Gasteiger partial charge in [-0.3, -0.25) is 0 Å². The van der Waals surface area contributed by atoms with E-state index in [4.69, 9.17) is 5.32 Å². The molecule has 1 saturated carbocycles. The second-order valence-corrected chi connectivity index (χ2v) is 3.55. The summed E-state index contributed by atoms with van der Waals surface area (Å²) in [6.45, 7) is 4.27. The van der Waals surface area contributed by atoms with Crippen molar-refractivity contribution in [3.8, 4) is 0 Å². The van der Waals surface area contributed by atoms with Crippen molar-refractivity contribution in [3.63, 3.8) is 0 Å². The van der Waals surface area contributed by atoms with Crippen LogP contribution in [0.2, 0.25) is 0 Å². The molecule has 1 fully saturated rings. The van der Waals surface area contributed by atoms with E-state index in [1.54, 1.807) is 0 Å². The van der Waals surface area contributed by atoms with Crippen LogP contribution in [0.15, 0.2) is 11.8 Å². The zero-order chi connectivity index (χ0) is 8.81. The van der Waals surface area contributed by atoms with Crippen molar-refractivity contribution in [2.75, 3.05) is 0 Å². The van der Waals surface area contributed by atoms with Gasteiger partial charge < -0.3 is 22.3 Å². The summed E-state index contributed by atoms with van der Waals surface area (Å²) in [5.41, 5.74) is 1.29. The minimum absolute atomic E-state index is 0. The molecule has 0 saturated heterocycles. The van der Waals surface area contributed by atoms with Crippen LogP contribution in [-0.2, 0) is 0 Å². The third kappa shape index (κ3) is 6.30. The number of hydrogen-bond acceptors (Lipinski definition) is 0. The minimum Gasteiger partial charge on any atom is -1.00 e. The van der Waals surface area contributed by atoms with E-state index in [2.05, 4.69) is 19.9 Å². The van der Waals surface area contributed by atoms with Crippen molar-refractivity contribution in [3.05, 3.63) is 17.1 Å². The van der Waals surface area contributed by atoms with E-state index >= 15 is 0 Å². The Balaban J connectivity index is 0. The first-order valence-electron chi connectivity index (χ1n) is 5.22. The Morgan fingerprint density at radius 1 is 1.29 bits per heavy atom. The molecule has 0 N–H and O–H groups in total.